The van der Waals surface area contributed by atoms with E-state index < -0.39 is 11.5 Å². The molecule has 1 aromatic carbocycles. The zero-order chi connectivity index (χ0) is 15.8. The van der Waals surface area contributed by atoms with Gasteiger partial charge in [0.25, 0.3) is 0 Å². The number of fused-ring (bicyclic) bond motifs is 1. The summed E-state index contributed by atoms with van der Waals surface area (Å²) in [4.78, 5) is 12.2. The molecule has 5 nitrogen and oxygen atoms in total. The van der Waals surface area contributed by atoms with E-state index in [2.05, 4.69) is 0 Å². The van der Waals surface area contributed by atoms with Crippen molar-refractivity contribution in [1.29, 1.82) is 0 Å². The molecule has 0 atom stereocenters. The Hall–Kier alpha value is -2.01. The summed E-state index contributed by atoms with van der Waals surface area (Å²) in [5.74, 6) is 0.106. The van der Waals surface area contributed by atoms with Crippen LogP contribution < -0.4 is 10.5 Å². The minimum absolute atomic E-state index is 0.402. The van der Waals surface area contributed by atoms with Crippen molar-refractivity contribution in [2.45, 2.75) is 32.9 Å². The zero-order valence-corrected chi connectivity index (χ0v) is 13.2. The molecule has 0 aliphatic carbocycles. The Bertz CT molecular complexity index is 681. The van der Waals surface area contributed by atoms with Gasteiger partial charge in [0.05, 0.1) is 19.7 Å². The first-order chi connectivity index (χ1) is 9.78. The monoisotopic (exact) mass is 290 g/mol. The van der Waals surface area contributed by atoms with Gasteiger partial charge in [0.1, 0.15) is 0 Å². The van der Waals surface area contributed by atoms with Crippen LogP contribution in [0.2, 0.25) is 0 Å². The molecule has 1 heterocycles. The summed E-state index contributed by atoms with van der Waals surface area (Å²) in [6.07, 6.45) is 0. The van der Waals surface area contributed by atoms with Gasteiger partial charge in [-0.2, -0.15) is 0 Å². The topological polar surface area (TPSA) is 66.5 Å². The van der Waals surface area contributed by atoms with E-state index in [9.17, 15) is 4.79 Å². The zero-order valence-electron chi connectivity index (χ0n) is 13.2. The van der Waals surface area contributed by atoms with Gasteiger partial charge in [-0.3, -0.25) is 0 Å². The molecule has 0 aliphatic heterocycles. The van der Waals surface area contributed by atoms with Crippen molar-refractivity contribution in [1.82, 2.24) is 4.57 Å². The predicted molar refractivity (Wildman–Crippen MR) is 82.8 cm³/mol. The summed E-state index contributed by atoms with van der Waals surface area (Å²) in [5.41, 5.74) is 8.08. The van der Waals surface area contributed by atoms with Crippen LogP contribution in [0.15, 0.2) is 18.2 Å². The highest BCUT2D eigenvalue weighted by Crippen LogP contribution is 2.35. The molecule has 0 saturated heterocycles. The number of esters is 1. The molecule has 5 heteroatoms. The van der Waals surface area contributed by atoms with Gasteiger partial charge in [0.2, 0.25) is 0 Å². The van der Waals surface area contributed by atoms with Gasteiger partial charge in [0.15, 0.2) is 11.4 Å². The van der Waals surface area contributed by atoms with Crippen molar-refractivity contribution < 1.29 is 14.3 Å². The number of carbonyl (C=O) groups excluding carboxylic acids is 1. The van der Waals surface area contributed by atoms with E-state index in [0.717, 1.165) is 16.5 Å². The molecule has 0 unspecified atom stereocenters. The molecule has 0 amide bonds. The number of aryl methyl sites for hydroxylation is 1. The standard InChI is InChI=1S/C16H22N2O3/c1-10-6-7-12-11(8-10)14(20-4)13(15(19)21-5)18(12)9-16(2,3)17/h6-8H,9,17H2,1-5H3. The first kappa shape index (κ1) is 15.4. The molecule has 21 heavy (non-hydrogen) atoms. The molecule has 0 saturated carbocycles. The number of hydrogen-bond acceptors (Lipinski definition) is 4. The molecule has 114 valence electrons. The third-order valence-corrected chi connectivity index (χ3v) is 3.32. The fraction of sp³-hybridized carbons (Fsp3) is 0.438. The average Bonchev–Trinajstić information content (AvgIpc) is 2.69. The van der Waals surface area contributed by atoms with E-state index in [1.807, 2.05) is 43.5 Å². The number of nitrogens with zero attached hydrogens (tertiary/aromatic N) is 1. The van der Waals surface area contributed by atoms with Gasteiger partial charge < -0.3 is 19.8 Å². The lowest BCUT2D eigenvalue weighted by molar-refractivity contribution is 0.0584. The van der Waals surface area contributed by atoms with Crippen molar-refractivity contribution in [3.8, 4) is 5.75 Å². The summed E-state index contributed by atoms with van der Waals surface area (Å²) >= 11 is 0. The SMILES string of the molecule is COC(=O)c1c(OC)c2cc(C)ccc2n1CC(C)(C)N. The molecular formula is C16H22N2O3. The highest BCUT2D eigenvalue weighted by atomic mass is 16.5. The van der Waals surface area contributed by atoms with E-state index in [1.54, 1.807) is 7.11 Å². The third-order valence-electron chi connectivity index (χ3n) is 3.32. The van der Waals surface area contributed by atoms with Gasteiger partial charge in [0, 0.05) is 17.5 Å². The minimum atomic E-state index is -0.468. The fourth-order valence-electron chi connectivity index (χ4n) is 2.52. The van der Waals surface area contributed by atoms with Crippen LogP contribution in [0.5, 0.6) is 5.75 Å². The molecule has 0 radical (unpaired) electrons. The molecule has 1 aromatic heterocycles. The van der Waals surface area contributed by atoms with Crippen molar-refractivity contribution in [2.75, 3.05) is 14.2 Å². The van der Waals surface area contributed by atoms with Gasteiger partial charge >= 0.3 is 5.97 Å². The normalized spacial score (nSPS) is 11.7. The predicted octanol–water partition coefficient (Wildman–Crippen LogP) is 2.48. The summed E-state index contributed by atoms with van der Waals surface area (Å²) < 4.78 is 12.3. The second-order valence-corrected chi connectivity index (χ2v) is 5.97. The van der Waals surface area contributed by atoms with E-state index in [0.29, 0.717) is 18.0 Å². The van der Waals surface area contributed by atoms with Crippen molar-refractivity contribution in [2.24, 2.45) is 5.73 Å². The Labute approximate surface area is 124 Å². The van der Waals surface area contributed by atoms with Gasteiger partial charge in [-0.25, -0.2) is 4.79 Å². The Balaban J connectivity index is 2.81. The largest absolute Gasteiger partial charge is 0.494 e. The average molecular weight is 290 g/mol. The van der Waals surface area contributed by atoms with Crippen LogP contribution in [0.3, 0.4) is 0 Å². The van der Waals surface area contributed by atoms with Crippen molar-refractivity contribution >= 4 is 16.9 Å². The first-order valence-electron chi connectivity index (χ1n) is 6.82. The number of benzene rings is 1. The number of aromatic nitrogens is 1. The summed E-state index contributed by atoms with van der Waals surface area (Å²) in [6.45, 7) is 6.32. The van der Waals surface area contributed by atoms with Crippen molar-refractivity contribution in [3.63, 3.8) is 0 Å². The van der Waals surface area contributed by atoms with Crippen LogP contribution >= 0.6 is 0 Å². The van der Waals surface area contributed by atoms with Crippen LogP contribution in [-0.2, 0) is 11.3 Å². The number of hydrogen-bond donors (Lipinski definition) is 1. The maximum absolute atomic E-state index is 12.2. The second kappa shape index (κ2) is 5.41. The smallest absolute Gasteiger partial charge is 0.358 e. The van der Waals surface area contributed by atoms with E-state index >= 15 is 0 Å². The van der Waals surface area contributed by atoms with Crippen LogP contribution in [0.1, 0.15) is 29.9 Å². The summed E-state index contributed by atoms with van der Waals surface area (Å²) in [5, 5.41) is 0.891. The van der Waals surface area contributed by atoms with E-state index in [-0.39, 0.29) is 0 Å². The Kier molecular flexibility index (Phi) is 3.96. The second-order valence-electron chi connectivity index (χ2n) is 5.97. The van der Waals surface area contributed by atoms with Gasteiger partial charge in [-0.15, -0.1) is 0 Å². The lowest BCUT2D eigenvalue weighted by Gasteiger charge is -2.21. The third kappa shape index (κ3) is 2.88. The summed E-state index contributed by atoms with van der Waals surface area (Å²) in [6, 6.07) is 5.98. The lowest BCUT2D eigenvalue weighted by Crippen LogP contribution is -2.37. The number of ether oxygens (including phenoxy) is 2. The molecule has 2 rings (SSSR count). The van der Waals surface area contributed by atoms with Gasteiger partial charge in [-0.05, 0) is 32.9 Å². The number of rotatable bonds is 4. The summed E-state index contributed by atoms with van der Waals surface area (Å²) in [7, 11) is 2.92. The van der Waals surface area contributed by atoms with Crippen LogP contribution in [0.25, 0.3) is 10.9 Å². The Morgan fingerprint density at radius 1 is 1.33 bits per heavy atom. The lowest BCUT2D eigenvalue weighted by atomic mass is 10.1. The number of methoxy groups -OCH3 is 2. The quantitative estimate of drug-likeness (QED) is 0.878. The maximum Gasteiger partial charge on any atom is 0.358 e. The fourth-order valence-corrected chi connectivity index (χ4v) is 2.52. The maximum atomic E-state index is 12.2. The Morgan fingerprint density at radius 2 is 2.00 bits per heavy atom. The molecule has 0 bridgehead atoms. The van der Waals surface area contributed by atoms with Crippen LogP contribution in [-0.4, -0.2) is 30.3 Å². The van der Waals surface area contributed by atoms with E-state index in [1.165, 1.54) is 7.11 Å². The molecule has 2 N–H and O–H groups in total. The molecule has 0 fully saturated rings. The Morgan fingerprint density at radius 3 is 2.52 bits per heavy atom. The van der Waals surface area contributed by atoms with Crippen LogP contribution in [0, 0.1) is 6.92 Å². The number of nitrogens with two attached hydrogens (primary N) is 1. The first-order valence-corrected chi connectivity index (χ1v) is 6.82. The molecule has 0 aliphatic rings. The van der Waals surface area contributed by atoms with E-state index in [4.69, 9.17) is 15.2 Å². The minimum Gasteiger partial charge on any atom is -0.494 e. The highest BCUT2D eigenvalue weighted by Gasteiger charge is 2.27. The number of carbonyl (C=O) groups is 1. The molecular weight excluding hydrogens is 268 g/mol. The van der Waals surface area contributed by atoms with Crippen molar-refractivity contribution in [3.05, 3.63) is 29.5 Å². The molecule has 0 spiro atoms. The molecule has 2 aromatic rings. The van der Waals surface area contributed by atoms with Gasteiger partial charge in [-0.1, -0.05) is 11.6 Å². The highest BCUT2D eigenvalue weighted by molar-refractivity contribution is 6.02. The van der Waals surface area contributed by atoms with Crippen LogP contribution in [0.4, 0.5) is 0 Å².